The molecule has 0 aliphatic carbocycles. The molecule has 0 atom stereocenters. The van der Waals surface area contributed by atoms with Crippen molar-refractivity contribution >= 4 is 19.9 Å². The molecule has 0 N–H and O–H groups in total. The van der Waals surface area contributed by atoms with Crippen LogP contribution in [-0.2, 0) is 19.9 Å². The Kier molecular flexibility index (Phi) is 3.96. The van der Waals surface area contributed by atoms with Crippen LogP contribution in [0, 0.1) is 13.8 Å². The molecular weight excluding hydrogens is 304 g/mol. The van der Waals surface area contributed by atoms with E-state index in [1.54, 1.807) is 13.8 Å². The Morgan fingerprint density at radius 2 is 1.70 bits per heavy atom. The molecule has 114 valence electrons. The monoisotopic (exact) mass is 322 g/mol. The summed E-state index contributed by atoms with van der Waals surface area (Å²) >= 11 is 0. The zero-order valence-electron chi connectivity index (χ0n) is 11.7. The summed E-state index contributed by atoms with van der Waals surface area (Å²) in [6.07, 6.45) is 1.83. The number of aryl methyl sites for hydroxylation is 2. The summed E-state index contributed by atoms with van der Waals surface area (Å²) in [6.45, 7) is 3.52. The van der Waals surface area contributed by atoms with Crippen LogP contribution < -0.4 is 0 Å². The highest BCUT2D eigenvalue weighted by atomic mass is 32.2. The zero-order valence-corrected chi connectivity index (χ0v) is 13.3. The van der Waals surface area contributed by atoms with Gasteiger partial charge in [0, 0.05) is 19.3 Å². The smallest absolute Gasteiger partial charge is 0.248 e. The number of sulfone groups is 1. The number of hydrogen-bond acceptors (Lipinski definition) is 6. The van der Waals surface area contributed by atoms with E-state index in [4.69, 9.17) is 4.52 Å². The molecule has 1 aromatic heterocycles. The quantitative estimate of drug-likeness (QED) is 0.803. The predicted octanol–water partition coefficient (Wildman–Crippen LogP) is 0.489. The lowest BCUT2D eigenvalue weighted by molar-refractivity contribution is 0.344. The van der Waals surface area contributed by atoms with Crippen molar-refractivity contribution < 1.29 is 21.4 Å². The molecule has 2 rings (SSSR count). The van der Waals surface area contributed by atoms with Crippen LogP contribution in [0.25, 0.3) is 0 Å². The van der Waals surface area contributed by atoms with Gasteiger partial charge in [0.25, 0.3) is 0 Å². The molecule has 1 fully saturated rings. The summed E-state index contributed by atoms with van der Waals surface area (Å²) in [5.41, 5.74) is 0.327. The molecule has 0 aromatic carbocycles. The summed E-state index contributed by atoms with van der Waals surface area (Å²) < 4.78 is 54.2. The van der Waals surface area contributed by atoms with Crippen molar-refractivity contribution in [1.29, 1.82) is 0 Å². The van der Waals surface area contributed by atoms with E-state index in [0.29, 0.717) is 18.5 Å². The minimum atomic E-state index is -3.67. The highest BCUT2D eigenvalue weighted by Gasteiger charge is 2.35. The van der Waals surface area contributed by atoms with Gasteiger partial charge < -0.3 is 4.52 Å². The second-order valence-corrected chi connectivity index (χ2v) is 9.29. The normalized spacial score (nSPS) is 19.4. The van der Waals surface area contributed by atoms with Gasteiger partial charge in [-0.05, 0) is 26.7 Å². The van der Waals surface area contributed by atoms with Gasteiger partial charge >= 0.3 is 0 Å². The zero-order chi connectivity index (χ0) is 15.1. The van der Waals surface area contributed by atoms with Crippen LogP contribution in [-0.4, -0.2) is 50.9 Å². The molecule has 1 aliphatic rings. The average molecular weight is 322 g/mol. The lowest BCUT2D eigenvalue weighted by Crippen LogP contribution is -2.42. The second-order valence-electron chi connectivity index (χ2n) is 5.09. The number of piperidine rings is 1. The lowest BCUT2D eigenvalue weighted by atomic mass is 10.2. The third-order valence-corrected chi connectivity index (χ3v) is 7.40. The van der Waals surface area contributed by atoms with Gasteiger partial charge in [-0.2, -0.15) is 4.31 Å². The molecule has 0 bridgehead atoms. The standard InChI is InChI=1S/C11H18N2O5S2/c1-8-11(9(2)18-12-8)20(16,17)13-6-4-10(5-7-13)19(3,14)15/h10H,4-7H2,1-3H3. The van der Waals surface area contributed by atoms with Crippen molar-refractivity contribution in [2.24, 2.45) is 0 Å². The topological polar surface area (TPSA) is 97.6 Å². The summed E-state index contributed by atoms with van der Waals surface area (Å²) in [4.78, 5) is 0.0929. The van der Waals surface area contributed by atoms with E-state index in [2.05, 4.69) is 5.16 Å². The maximum absolute atomic E-state index is 12.5. The van der Waals surface area contributed by atoms with E-state index in [1.165, 1.54) is 10.6 Å². The first-order valence-corrected chi connectivity index (χ1v) is 9.65. The molecule has 7 nitrogen and oxygen atoms in total. The molecule has 1 aliphatic heterocycles. The van der Waals surface area contributed by atoms with Gasteiger partial charge in [-0.25, -0.2) is 16.8 Å². The Bertz CT molecular complexity index is 678. The number of aromatic nitrogens is 1. The van der Waals surface area contributed by atoms with Crippen LogP contribution in [0.2, 0.25) is 0 Å². The van der Waals surface area contributed by atoms with E-state index >= 15 is 0 Å². The second kappa shape index (κ2) is 5.12. The van der Waals surface area contributed by atoms with Gasteiger partial charge in [-0.15, -0.1) is 0 Å². The molecule has 2 heterocycles. The SMILES string of the molecule is Cc1noc(C)c1S(=O)(=O)N1CCC(S(C)(=O)=O)CC1. The van der Waals surface area contributed by atoms with Crippen molar-refractivity contribution in [1.82, 2.24) is 9.46 Å². The highest BCUT2D eigenvalue weighted by molar-refractivity contribution is 7.91. The van der Waals surface area contributed by atoms with Crippen molar-refractivity contribution in [3.63, 3.8) is 0 Å². The van der Waals surface area contributed by atoms with Crippen LogP contribution in [0.4, 0.5) is 0 Å². The maximum atomic E-state index is 12.5. The van der Waals surface area contributed by atoms with Crippen LogP contribution in [0.15, 0.2) is 9.42 Å². The van der Waals surface area contributed by atoms with Gasteiger partial charge in [-0.3, -0.25) is 0 Å². The summed E-state index contributed by atoms with van der Waals surface area (Å²) in [5, 5.41) is 3.20. The average Bonchev–Trinajstić information content (AvgIpc) is 2.68. The van der Waals surface area contributed by atoms with Crippen molar-refractivity contribution in [2.45, 2.75) is 36.8 Å². The van der Waals surface area contributed by atoms with Crippen molar-refractivity contribution in [2.75, 3.05) is 19.3 Å². The Balaban J connectivity index is 2.22. The van der Waals surface area contributed by atoms with E-state index < -0.39 is 25.1 Å². The largest absolute Gasteiger partial charge is 0.360 e. The third kappa shape index (κ3) is 2.75. The molecule has 0 unspecified atom stereocenters. The number of rotatable bonds is 3. The maximum Gasteiger partial charge on any atom is 0.248 e. The minimum absolute atomic E-state index is 0.0929. The lowest BCUT2D eigenvalue weighted by Gasteiger charge is -2.30. The Morgan fingerprint density at radius 3 is 2.10 bits per heavy atom. The number of hydrogen-bond donors (Lipinski definition) is 0. The summed E-state index contributed by atoms with van der Waals surface area (Å²) in [5.74, 6) is 0.257. The minimum Gasteiger partial charge on any atom is -0.360 e. The van der Waals surface area contributed by atoms with E-state index in [-0.39, 0.29) is 23.7 Å². The van der Waals surface area contributed by atoms with Crippen LogP contribution in [0.1, 0.15) is 24.3 Å². The Morgan fingerprint density at radius 1 is 1.15 bits per heavy atom. The fraction of sp³-hybridized carbons (Fsp3) is 0.727. The molecule has 0 radical (unpaired) electrons. The summed E-state index contributed by atoms with van der Waals surface area (Å²) in [6, 6.07) is 0. The highest BCUT2D eigenvalue weighted by Crippen LogP contribution is 2.27. The molecular formula is C11H18N2O5S2. The Labute approximate surface area is 118 Å². The first-order chi connectivity index (χ1) is 9.14. The molecule has 1 aromatic rings. The number of sulfonamides is 1. The van der Waals surface area contributed by atoms with Gasteiger partial charge in [0.05, 0.1) is 5.25 Å². The van der Waals surface area contributed by atoms with Crippen LogP contribution >= 0.6 is 0 Å². The summed E-state index contributed by atoms with van der Waals surface area (Å²) in [7, 11) is -6.78. The van der Waals surface area contributed by atoms with Crippen LogP contribution in [0.5, 0.6) is 0 Å². The van der Waals surface area contributed by atoms with E-state index in [1.807, 2.05) is 0 Å². The van der Waals surface area contributed by atoms with Gasteiger partial charge in [-0.1, -0.05) is 5.16 Å². The Hall–Kier alpha value is -0.930. The predicted molar refractivity (Wildman–Crippen MR) is 72.6 cm³/mol. The van der Waals surface area contributed by atoms with Gasteiger partial charge in [0.1, 0.15) is 20.4 Å². The van der Waals surface area contributed by atoms with E-state index in [0.717, 1.165) is 0 Å². The molecule has 20 heavy (non-hydrogen) atoms. The molecule has 0 spiro atoms. The van der Waals surface area contributed by atoms with Gasteiger partial charge in [0.2, 0.25) is 10.0 Å². The first-order valence-electron chi connectivity index (χ1n) is 6.26. The van der Waals surface area contributed by atoms with Gasteiger partial charge in [0.15, 0.2) is 5.76 Å². The first kappa shape index (κ1) is 15.5. The van der Waals surface area contributed by atoms with Crippen molar-refractivity contribution in [3.05, 3.63) is 11.5 Å². The number of nitrogens with zero attached hydrogens (tertiary/aromatic N) is 2. The molecule has 0 saturated carbocycles. The van der Waals surface area contributed by atoms with Crippen molar-refractivity contribution in [3.8, 4) is 0 Å². The van der Waals surface area contributed by atoms with E-state index in [9.17, 15) is 16.8 Å². The molecule has 0 amide bonds. The molecule has 9 heteroatoms. The van der Waals surface area contributed by atoms with Crippen LogP contribution in [0.3, 0.4) is 0 Å². The fourth-order valence-corrected chi connectivity index (χ4v) is 5.30. The third-order valence-electron chi connectivity index (χ3n) is 3.57. The fourth-order valence-electron chi connectivity index (χ4n) is 2.47. The molecule has 1 saturated heterocycles.